The molecule has 0 aliphatic carbocycles. The summed E-state index contributed by atoms with van der Waals surface area (Å²) in [4.78, 5) is 3.89. The van der Waals surface area contributed by atoms with Gasteiger partial charge in [0, 0.05) is 44.3 Å². The molecule has 0 unspecified atom stereocenters. The van der Waals surface area contributed by atoms with Gasteiger partial charge >= 0.3 is 0 Å². The van der Waals surface area contributed by atoms with Crippen LogP contribution in [0.5, 0.6) is 0 Å². The van der Waals surface area contributed by atoms with Crippen LogP contribution in [0.3, 0.4) is 0 Å². The monoisotopic (exact) mass is 639 g/mol. The molecule has 3 heterocycles. The molecule has 6 aromatic carbocycles. The third-order valence-corrected chi connectivity index (χ3v) is 9.85. The van der Waals surface area contributed by atoms with Gasteiger partial charge in [0.25, 0.3) is 0 Å². The Morgan fingerprint density at radius 2 is 0.714 bits per heavy atom. The second-order valence-corrected chi connectivity index (χ2v) is 15.2. The first kappa shape index (κ1) is 29.5. The maximum absolute atomic E-state index is 3.89. The molecule has 0 amide bonds. The number of aromatic nitrogens is 5. The van der Waals surface area contributed by atoms with E-state index in [9.17, 15) is 0 Å². The van der Waals surface area contributed by atoms with E-state index in [1.165, 1.54) is 54.9 Å². The van der Waals surface area contributed by atoms with Crippen LogP contribution < -0.4 is 0 Å². The zero-order chi connectivity index (χ0) is 33.7. The van der Waals surface area contributed by atoms with Crippen LogP contribution in [0.25, 0.3) is 77.3 Å². The quantitative estimate of drug-likeness (QED) is 0.183. The molecule has 0 aliphatic rings. The zero-order valence-electron chi connectivity index (χ0n) is 29.0. The summed E-state index contributed by atoms with van der Waals surface area (Å²) in [6.07, 6.45) is 0. The Morgan fingerprint density at radius 3 is 1.08 bits per heavy atom. The SMILES string of the molecule is CC(C)(C)n1c2ccccc2n(-c2ccccc2)c2cc3[nH]c4cc5c(cc4c3cc21)n(C(C)(C)C)c1ccccc1n5-c1ccccc1. The van der Waals surface area contributed by atoms with Gasteiger partial charge in [-0.05, 0) is 114 Å². The summed E-state index contributed by atoms with van der Waals surface area (Å²) in [6, 6.07) is 48.6. The summed E-state index contributed by atoms with van der Waals surface area (Å²) in [5.74, 6) is 0. The van der Waals surface area contributed by atoms with E-state index in [1.807, 2.05) is 0 Å². The predicted molar refractivity (Wildman–Crippen MR) is 208 cm³/mol. The largest absolute Gasteiger partial charge is 0.354 e. The number of benzene rings is 6. The van der Waals surface area contributed by atoms with Crippen molar-refractivity contribution >= 4 is 65.9 Å². The van der Waals surface area contributed by atoms with Gasteiger partial charge < -0.3 is 23.3 Å². The van der Waals surface area contributed by atoms with Crippen molar-refractivity contribution in [3.8, 4) is 11.4 Å². The highest BCUT2D eigenvalue weighted by molar-refractivity contribution is 6.15. The van der Waals surface area contributed by atoms with Gasteiger partial charge in [-0.25, -0.2) is 0 Å². The fourth-order valence-corrected chi connectivity index (χ4v) is 8.03. The van der Waals surface area contributed by atoms with E-state index in [0.29, 0.717) is 0 Å². The molecule has 0 saturated heterocycles. The molecule has 0 aliphatic heterocycles. The first-order chi connectivity index (χ1) is 23.6. The van der Waals surface area contributed by atoms with E-state index in [4.69, 9.17) is 0 Å². The fraction of sp³-hybridized carbons (Fsp3) is 0.182. The van der Waals surface area contributed by atoms with E-state index in [2.05, 4.69) is 198 Å². The Labute approximate surface area is 285 Å². The van der Waals surface area contributed by atoms with Gasteiger partial charge in [-0.15, -0.1) is 0 Å². The van der Waals surface area contributed by atoms with Gasteiger partial charge in [0.2, 0.25) is 0 Å². The molecule has 9 aromatic rings. The van der Waals surface area contributed by atoms with Crippen molar-refractivity contribution < 1.29 is 0 Å². The van der Waals surface area contributed by atoms with Crippen LogP contribution in [0, 0.1) is 0 Å². The Balaban J connectivity index is 1.49. The highest BCUT2D eigenvalue weighted by atomic mass is 15.1. The summed E-state index contributed by atoms with van der Waals surface area (Å²) < 4.78 is 9.86. The lowest BCUT2D eigenvalue weighted by molar-refractivity contribution is 0.420. The van der Waals surface area contributed by atoms with E-state index in [0.717, 1.165) is 22.4 Å². The van der Waals surface area contributed by atoms with Crippen molar-refractivity contribution in [3.63, 3.8) is 0 Å². The first-order valence-electron chi connectivity index (χ1n) is 17.2. The summed E-state index contributed by atoms with van der Waals surface area (Å²) >= 11 is 0. The Kier molecular flexibility index (Phi) is 6.26. The average Bonchev–Trinajstić information content (AvgIpc) is 3.43. The average molecular weight is 640 g/mol. The molecule has 1 N–H and O–H groups in total. The molecule has 5 heteroatoms. The second kappa shape index (κ2) is 10.4. The molecule has 49 heavy (non-hydrogen) atoms. The Morgan fingerprint density at radius 1 is 0.367 bits per heavy atom. The topological polar surface area (TPSA) is 35.5 Å². The van der Waals surface area contributed by atoms with Gasteiger partial charge in [-0.3, -0.25) is 0 Å². The standard InChI is InChI=1S/C44H41N5/c1-43(2,3)48-37-23-15-13-21-35(37)46(29-17-9-7-10-18-29)39-27-33-31(25-41(39)48)32-26-42-40(28-34(32)45-33)47(30-19-11-8-12-20-30)36-22-14-16-24-38(36)49(42)44(4,5)6/h7-28,45H,1-6H3. The van der Waals surface area contributed by atoms with E-state index in [-0.39, 0.29) is 11.1 Å². The molecular weight excluding hydrogens is 599 g/mol. The lowest BCUT2D eigenvalue weighted by atomic mass is 10.0. The highest BCUT2D eigenvalue weighted by Crippen LogP contribution is 2.39. The summed E-state index contributed by atoms with van der Waals surface area (Å²) in [5.41, 5.74) is 13.7. The third kappa shape index (κ3) is 4.45. The second-order valence-electron chi connectivity index (χ2n) is 15.2. The molecule has 9 rings (SSSR count). The number of aromatic amines is 1. The van der Waals surface area contributed by atoms with Gasteiger partial charge in [-0.2, -0.15) is 0 Å². The molecule has 5 nitrogen and oxygen atoms in total. The number of H-pyrrole nitrogens is 1. The molecule has 0 saturated carbocycles. The summed E-state index contributed by atoms with van der Waals surface area (Å²) in [7, 11) is 0. The molecule has 0 atom stereocenters. The number of rotatable bonds is 2. The van der Waals surface area contributed by atoms with Crippen molar-refractivity contribution in [2.75, 3.05) is 0 Å². The summed E-state index contributed by atoms with van der Waals surface area (Å²) in [5, 5.41) is 2.44. The van der Waals surface area contributed by atoms with E-state index < -0.39 is 0 Å². The molecule has 3 aromatic heterocycles. The molecule has 0 bridgehead atoms. The van der Waals surface area contributed by atoms with Crippen molar-refractivity contribution in [2.24, 2.45) is 0 Å². The lowest BCUT2D eigenvalue weighted by Crippen LogP contribution is -2.25. The minimum Gasteiger partial charge on any atom is -0.354 e. The maximum atomic E-state index is 3.89. The molecular formula is C44H41N5. The van der Waals surface area contributed by atoms with Crippen LogP contribution in [-0.2, 0) is 11.1 Å². The van der Waals surface area contributed by atoms with Crippen molar-refractivity contribution in [3.05, 3.63) is 133 Å². The van der Waals surface area contributed by atoms with E-state index in [1.54, 1.807) is 0 Å². The van der Waals surface area contributed by atoms with Crippen LogP contribution in [0.1, 0.15) is 41.5 Å². The molecule has 0 fully saturated rings. The fourth-order valence-electron chi connectivity index (χ4n) is 8.03. The van der Waals surface area contributed by atoms with Crippen molar-refractivity contribution in [2.45, 2.75) is 52.6 Å². The van der Waals surface area contributed by atoms with Gasteiger partial charge in [0.1, 0.15) is 0 Å². The number of fused-ring (bicyclic) bond motifs is 7. The van der Waals surface area contributed by atoms with Gasteiger partial charge in [0.15, 0.2) is 0 Å². The minimum atomic E-state index is -0.157. The number of para-hydroxylation sites is 6. The normalized spacial score (nSPS) is 12.7. The number of nitrogens with zero attached hydrogens (tertiary/aromatic N) is 4. The third-order valence-electron chi connectivity index (χ3n) is 9.85. The molecule has 0 radical (unpaired) electrons. The van der Waals surface area contributed by atoms with Crippen molar-refractivity contribution in [1.82, 2.24) is 23.3 Å². The van der Waals surface area contributed by atoms with Crippen LogP contribution in [0.2, 0.25) is 0 Å². The smallest absolute Gasteiger partial charge is 0.0721 e. The number of nitrogens with one attached hydrogen (secondary N) is 1. The Bertz CT molecular complexity index is 2570. The number of hydrogen-bond donors (Lipinski definition) is 1. The van der Waals surface area contributed by atoms with Crippen molar-refractivity contribution in [1.29, 1.82) is 0 Å². The first-order valence-corrected chi connectivity index (χ1v) is 17.2. The maximum Gasteiger partial charge on any atom is 0.0721 e. The number of hydrogen-bond acceptors (Lipinski definition) is 0. The van der Waals surface area contributed by atoms with Crippen LogP contribution in [0.15, 0.2) is 133 Å². The minimum absolute atomic E-state index is 0.157. The zero-order valence-corrected chi connectivity index (χ0v) is 29.0. The van der Waals surface area contributed by atoms with E-state index >= 15 is 0 Å². The predicted octanol–water partition coefficient (Wildman–Crippen LogP) is 11.8. The summed E-state index contributed by atoms with van der Waals surface area (Å²) in [6.45, 7) is 13.8. The van der Waals surface area contributed by atoms with Crippen LogP contribution in [0.4, 0.5) is 0 Å². The van der Waals surface area contributed by atoms with Crippen LogP contribution in [-0.4, -0.2) is 23.3 Å². The molecule has 0 spiro atoms. The highest BCUT2D eigenvalue weighted by Gasteiger charge is 2.24. The lowest BCUT2D eigenvalue weighted by Gasteiger charge is -2.31. The van der Waals surface area contributed by atoms with Crippen LogP contribution >= 0.6 is 0 Å². The van der Waals surface area contributed by atoms with Gasteiger partial charge in [0.05, 0.1) is 44.1 Å². The Hall–Kier alpha value is -5.68. The molecule has 242 valence electrons. The van der Waals surface area contributed by atoms with Gasteiger partial charge in [-0.1, -0.05) is 60.7 Å².